The minimum atomic E-state index is -0.268. The fraction of sp³-hybridized carbons (Fsp3) is 0.976. The molecule has 0 aromatic rings. The van der Waals surface area contributed by atoms with E-state index in [-0.39, 0.29) is 12.6 Å². The predicted molar refractivity (Wildman–Crippen MR) is 230 cm³/mol. The third kappa shape index (κ3) is 57.1. The molecule has 20 nitrogen and oxygen atoms in total. The molecule has 0 atom stereocenters. The first-order valence-electron chi connectivity index (χ1n) is 22.0. The molecule has 0 aliphatic rings. The summed E-state index contributed by atoms with van der Waals surface area (Å²) in [5.41, 5.74) is 0. The molecule has 0 unspecified atom stereocenters. The second kappa shape index (κ2) is 58.1. The van der Waals surface area contributed by atoms with Crippen molar-refractivity contribution in [3.05, 3.63) is 0 Å². The maximum atomic E-state index is 11.2. The van der Waals surface area contributed by atoms with Crippen molar-refractivity contribution >= 4 is 18.6 Å². The highest BCUT2D eigenvalue weighted by Gasteiger charge is 2.01. The van der Waals surface area contributed by atoms with Crippen molar-refractivity contribution in [1.29, 1.82) is 0 Å². The monoisotopic (exact) mass is 927 g/mol. The quantitative estimate of drug-likeness (QED) is 0.0519. The van der Waals surface area contributed by atoms with Crippen LogP contribution in [0.1, 0.15) is 13.3 Å². The minimum absolute atomic E-state index is 0.236. The van der Waals surface area contributed by atoms with Gasteiger partial charge in [-0.15, -0.1) is 0 Å². The van der Waals surface area contributed by atoms with Gasteiger partial charge in [0.05, 0.1) is 238 Å². The largest absolute Gasteiger partial charge is 0.463 e. The lowest BCUT2D eigenvalue weighted by atomic mass is 10.5. The number of esters is 1. The van der Waals surface area contributed by atoms with Gasteiger partial charge < -0.3 is 90.0 Å². The smallest absolute Gasteiger partial charge is 0.306 e. The van der Waals surface area contributed by atoms with Gasteiger partial charge >= 0.3 is 5.97 Å². The molecule has 0 fully saturated rings. The summed E-state index contributed by atoms with van der Waals surface area (Å²) >= 11 is 3.97. The summed E-state index contributed by atoms with van der Waals surface area (Å²) in [6.45, 7) is 20.2. The fourth-order valence-electron chi connectivity index (χ4n) is 4.26. The van der Waals surface area contributed by atoms with E-state index < -0.39 is 0 Å². The van der Waals surface area contributed by atoms with Gasteiger partial charge in [0, 0.05) is 12.4 Å². The highest BCUT2D eigenvalue weighted by Crippen LogP contribution is 1.91. The molecule has 0 radical (unpaired) electrons. The van der Waals surface area contributed by atoms with E-state index in [1.165, 1.54) is 0 Å². The van der Waals surface area contributed by atoms with Crippen LogP contribution in [0.3, 0.4) is 0 Å². The van der Waals surface area contributed by atoms with Crippen LogP contribution < -0.4 is 0 Å². The van der Waals surface area contributed by atoms with E-state index in [9.17, 15) is 4.79 Å². The van der Waals surface area contributed by atoms with Crippen molar-refractivity contribution in [2.75, 3.05) is 250 Å². The molecule has 62 heavy (non-hydrogen) atoms. The number of hydrogen-bond donors (Lipinski definition) is 1. The number of hydrogen-bond acceptors (Lipinski definition) is 21. The average Bonchev–Trinajstić information content (AvgIpc) is 3.27. The third-order valence-electron chi connectivity index (χ3n) is 7.33. The van der Waals surface area contributed by atoms with Gasteiger partial charge in [-0.3, -0.25) is 4.79 Å². The SMILES string of the molecule is CCOCCOCCOCCOCCOCCOCCOCCOCCOCCOCCOCCOCCOCCOCCOCCOCCOCCOCCOC(=O)CCS. The molecule has 0 aliphatic heterocycles. The Labute approximate surface area is 376 Å². The summed E-state index contributed by atoms with van der Waals surface area (Å²) in [6, 6.07) is 0. The van der Waals surface area contributed by atoms with Crippen LogP contribution >= 0.6 is 12.6 Å². The van der Waals surface area contributed by atoms with Gasteiger partial charge in [-0.25, -0.2) is 0 Å². The van der Waals surface area contributed by atoms with Gasteiger partial charge in [-0.05, 0) is 6.92 Å². The zero-order chi connectivity index (χ0) is 44.6. The summed E-state index contributed by atoms with van der Waals surface area (Å²) in [4.78, 5) is 11.2. The van der Waals surface area contributed by atoms with Crippen molar-refractivity contribution in [2.45, 2.75) is 13.3 Å². The first-order valence-corrected chi connectivity index (χ1v) is 22.6. The number of rotatable bonds is 57. The number of carbonyl (C=O) groups excluding carboxylic acids is 1. The van der Waals surface area contributed by atoms with E-state index in [1.807, 2.05) is 6.92 Å². The van der Waals surface area contributed by atoms with E-state index in [0.29, 0.717) is 250 Å². The van der Waals surface area contributed by atoms with Gasteiger partial charge in [0.15, 0.2) is 0 Å². The van der Waals surface area contributed by atoms with Crippen molar-refractivity contribution < 1.29 is 94.8 Å². The molecule has 0 bridgehead atoms. The summed E-state index contributed by atoms with van der Waals surface area (Å²) in [5, 5.41) is 0. The summed E-state index contributed by atoms with van der Waals surface area (Å²) in [6.07, 6.45) is 0.302. The molecule has 0 aliphatic carbocycles. The topological polar surface area (TPSA) is 192 Å². The molecule has 0 N–H and O–H groups in total. The maximum Gasteiger partial charge on any atom is 0.306 e. The van der Waals surface area contributed by atoms with Crippen LogP contribution in [0.5, 0.6) is 0 Å². The van der Waals surface area contributed by atoms with E-state index in [0.717, 1.165) is 0 Å². The second-order valence-corrected chi connectivity index (χ2v) is 12.7. The van der Waals surface area contributed by atoms with Crippen LogP contribution in [0.15, 0.2) is 0 Å². The summed E-state index contributed by atoms with van der Waals surface area (Å²) in [5.74, 6) is 0.206. The van der Waals surface area contributed by atoms with Crippen molar-refractivity contribution in [2.24, 2.45) is 0 Å². The molecule has 0 aromatic heterocycles. The highest BCUT2D eigenvalue weighted by atomic mass is 32.1. The summed E-state index contributed by atoms with van der Waals surface area (Å²) < 4.78 is 103. The standard InChI is InChI=1S/C41H82O20S/c1-2-43-4-5-44-6-7-45-8-9-46-10-11-47-12-13-48-14-15-49-16-17-50-18-19-51-20-21-52-22-23-53-24-25-54-26-27-55-28-29-56-30-31-57-32-33-58-34-35-59-36-37-60-38-39-61-41(42)3-40-62/h62H,2-40H2,1H3. The molecule has 21 heteroatoms. The Hall–Kier alpha value is -0.900. The Kier molecular flexibility index (Phi) is 57.3. The minimum Gasteiger partial charge on any atom is -0.463 e. The van der Waals surface area contributed by atoms with E-state index in [1.54, 1.807) is 0 Å². The average molecular weight is 927 g/mol. The fourth-order valence-corrected chi connectivity index (χ4v) is 4.44. The lowest BCUT2D eigenvalue weighted by Crippen LogP contribution is -2.16. The van der Waals surface area contributed by atoms with E-state index in [2.05, 4.69) is 12.6 Å². The predicted octanol–water partition coefficient (Wildman–Crippen LogP) is 1.17. The molecule has 0 amide bonds. The highest BCUT2D eigenvalue weighted by molar-refractivity contribution is 7.80. The van der Waals surface area contributed by atoms with Gasteiger partial charge in [0.25, 0.3) is 0 Å². The van der Waals surface area contributed by atoms with Crippen molar-refractivity contribution in [3.63, 3.8) is 0 Å². The zero-order valence-corrected chi connectivity index (χ0v) is 38.6. The number of thiol groups is 1. The molecule has 0 rings (SSSR count). The van der Waals surface area contributed by atoms with Crippen LogP contribution in [0.25, 0.3) is 0 Å². The molecule has 0 aromatic carbocycles. The summed E-state index contributed by atoms with van der Waals surface area (Å²) in [7, 11) is 0. The Morgan fingerprint density at radius 2 is 0.403 bits per heavy atom. The van der Waals surface area contributed by atoms with Crippen LogP contribution in [-0.4, -0.2) is 256 Å². The lowest BCUT2D eigenvalue weighted by Gasteiger charge is -2.09. The van der Waals surface area contributed by atoms with Crippen LogP contribution in [0.4, 0.5) is 0 Å². The molecular weight excluding hydrogens is 844 g/mol. The Balaban J connectivity index is 3.07. The van der Waals surface area contributed by atoms with Gasteiger partial charge in [-0.1, -0.05) is 0 Å². The Morgan fingerprint density at radius 1 is 0.258 bits per heavy atom. The van der Waals surface area contributed by atoms with E-state index >= 15 is 0 Å². The van der Waals surface area contributed by atoms with Crippen molar-refractivity contribution in [3.8, 4) is 0 Å². The van der Waals surface area contributed by atoms with Crippen LogP contribution in [0, 0.1) is 0 Å². The number of carbonyl (C=O) groups is 1. The molecule has 0 spiro atoms. The number of ether oxygens (including phenoxy) is 19. The second-order valence-electron chi connectivity index (χ2n) is 12.3. The Bertz CT molecular complexity index is 827. The zero-order valence-electron chi connectivity index (χ0n) is 37.7. The van der Waals surface area contributed by atoms with Crippen molar-refractivity contribution in [1.82, 2.24) is 0 Å². The molecule has 0 saturated heterocycles. The normalized spacial score (nSPS) is 11.6. The maximum absolute atomic E-state index is 11.2. The third-order valence-corrected chi connectivity index (χ3v) is 7.56. The molecular formula is C41H82O20S. The lowest BCUT2D eigenvalue weighted by molar-refractivity contribution is -0.144. The van der Waals surface area contributed by atoms with Crippen LogP contribution in [0.2, 0.25) is 0 Å². The molecule has 0 heterocycles. The first kappa shape index (κ1) is 61.1. The Morgan fingerprint density at radius 3 is 0.548 bits per heavy atom. The van der Waals surface area contributed by atoms with Gasteiger partial charge in [0.2, 0.25) is 0 Å². The molecule has 372 valence electrons. The first-order chi connectivity index (χ1) is 30.8. The molecule has 0 saturated carbocycles. The van der Waals surface area contributed by atoms with Crippen LogP contribution in [-0.2, 0) is 94.8 Å². The van der Waals surface area contributed by atoms with Gasteiger partial charge in [-0.2, -0.15) is 12.6 Å². The van der Waals surface area contributed by atoms with Gasteiger partial charge in [0.1, 0.15) is 6.61 Å². The van der Waals surface area contributed by atoms with E-state index in [4.69, 9.17) is 90.0 Å².